The van der Waals surface area contributed by atoms with E-state index < -0.39 is 0 Å². The molecule has 2 fully saturated rings. The van der Waals surface area contributed by atoms with E-state index in [2.05, 4.69) is 286 Å². The van der Waals surface area contributed by atoms with E-state index >= 15 is 0 Å². The van der Waals surface area contributed by atoms with Gasteiger partial charge in [0.05, 0.1) is 78.4 Å². The molecule has 93 heavy (non-hydrogen) atoms. The van der Waals surface area contributed by atoms with E-state index in [0.717, 1.165) is 64.7 Å². The van der Waals surface area contributed by atoms with Crippen LogP contribution in [0.25, 0.3) is 0 Å². The largest absolute Gasteiger partial charge is 0.299 e. The van der Waals surface area contributed by atoms with Crippen molar-refractivity contribution in [3.8, 4) is 0 Å². The molecule has 11 rings (SSSR count). The van der Waals surface area contributed by atoms with Gasteiger partial charge in [0, 0.05) is 87.0 Å². The van der Waals surface area contributed by atoms with Crippen LogP contribution in [0.2, 0.25) is 0 Å². The van der Waals surface area contributed by atoms with Gasteiger partial charge in [-0.25, -0.2) is 0 Å². The van der Waals surface area contributed by atoms with Crippen molar-refractivity contribution in [2.75, 3.05) is 26.7 Å². The summed E-state index contributed by atoms with van der Waals surface area (Å²) in [6, 6.07) is 7.94. The molecule has 2 aliphatic carbocycles. The fourth-order valence-electron chi connectivity index (χ4n) is 10.8. The molecule has 2 aliphatic heterocycles. The summed E-state index contributed by atoms with van der Waals surface area (Å²) in [5, 5.41) is 33.6. The third-order valence-corrected chi connectivity index (χ3v) is 17.6. The lowest BCUT2D eigenvalue weighted by atomic mass is 9.87. The third kappa shape index (κ3) is 26.8. The van der Waals surface area contributed by atoms with Gasteiger partial charge in [0.15, 0.2) is 0 Å². The normalized spacial score (nSPS) is 17.1. The van der Waals surface area contributed by atoms with Crippen molar-refractivity contribution >= 4 is 0 Å². The molecule has 4 aliphatic rings. The Morgan fingerprint density at radius 2 is 0.914 bits per heavy atom. The van der Waals surface area contributed by atoms with E-state index in [4.69, 9.17) is 0 Å². The van der Waals surface area contributed by atoms with Gasteiger partial charge in [-0.05, 0) is 127 Å². The van der Waals surface area contributed by atoms with Crippen molar-refractivity contribution in [1.82, 2.24) is 78.7 Å². The van der Waals surface area contributed by atoms with Gasteiger partial charge in [0.25, 0.3) is 0 Å². The van der Waals surface area contributed by atoms with Crippen LogP contribution < -0.4 is 0 Å². The van der Waals surface area contributed by atoms with Crippen LogP contribution in [0.3, 0.4) is 0 Å². The maximum absolute atomic E-state index is 4.68. The Bertz CT molecular complexity index is 3120. The lowest BCUT2D eigenvalue weighted by Crippen LogP contribution is -2.33. The van der Waals surface area contributed by atoms with Crippen molar-refractivity contribution in [2.45, 2.75) is 329 Å². The van der Waals surface area contributed by atoms with Gasteiger partial charge in [-0.15, -0.1) is 0 Å². The first kappa shape index (κ1) is 83.5. The summed E-state index contributed by atoms with van der Waals surface area (Å²) < 4.78 is 12.6. The number of fused-ring (bicyclic) bond motifs is 2. The van der Waals surface area contributed by atoms with Crippen molar-refractivity contribution in [2.24, 2.45) is 13.0 Å². The molecule has 528 valence electrons. The van der Waals surface area contributed by atoms with Gasteiger partial charge in [-0.1, -0.05) is 201 Å². The molecule has 0 bridgehead atoms. The molecular formula is C77H140N16. The number of rotatable bonds is 5. The number of aryl methyl sites for hydroxylation is 2. The Labute approximate surface area is 569 Å². The van der Waals surface area contributed by atoms with Gasteiger partial charge in [0.2, 0.25) is 0 Å². The first-order chi connectivity index (χ1) is 41.6. The quantitative estimate of drug-likeness (QED) is 0.178. The zero-order valence-corrected chi connectivity index (χ0v) is 61.9. The summed E-state index contributed by atoms with van der Waals surface area (Å²) in [4.78, 5) is 4.80. The molecule has 16 nitrogen and oxygen atoms in total. The molecule has 7 aromatic heterocycles. The minimum absolute atomic E-state index is 0. The lowest BCUT2D eigenvalue weighted by molar-refractivity contribution is 0.223. The predicted molar refractivity (Wildman–Crippen MR) is 396 cm³/mol. The second-order valence-electron chi connectivity index (χ2n) is 33.5. The number of likely N-dealkylation sites (N-methyl/N-ethyl adjacent to an activating group) is 2. The highest BCUT2D eigenvalue weighted by Gasteiger charge is 2.27. The molecule has 9 heterocycles. The smallest absolute Gasteiger partial charge is 0.0681 e. The Morgan fingerprint density at radius 3 is 1.28 bits per heavy atom. The van der Waals surface area contributed by atoms with Crippen LogP contribution in [0.15, 0.2) is 74.0 Å². The third-order valence-electron chi connectivity index (χ3n) is 17.6. The van der Waals surface area contributed by atoms with Crippen LogP contribution in [-0.2, 0) is 77.7 Å². The second kappa shape index (κ2) is 35.4. The Kier molecular flexibility index (Phi) is 31.8. The fraction of sp³-hybridized carbons (Fsp3) is 0.727. The second-order valence-corrected chi connectivity index (χ2v) is 33.5. The summed E-state index contributed by atoms with van der Waals surface area (Å²) in [6.07, 6.45) is 30.2. The van der Waals surface area contributed by atoms with Crippen molar-refractivity contribution in [3.05, 3.63) is 125 Å². The van der Waals surface area contributed by atoms with Gasteiger partial charge in [0.1, 0.15) is 0 Å². The molecule has 0 spiro atoms. The van der Waals surface area contributed by atoms with E-state index in [0.29, 0.717) is 12.1 Å². The average Bonchev–Trinajstić information content (AvgIpc) is 1.69. The van der Waals surface area contributed by atoms with Crippen molar-refractivity contribution in [1.29, 1.82) is 0 Å². The molecule has 0 atom stereocenters. The van der Waals surface area contributed by atoms with Crippen LogP contribution in [0.4, 0.5) is 0 Å². The fourth-order valence-corrected chi connectivity index (χ4v) is 10.8. The summed E-state index contributed by atoms with van der Waals surface area (Å²) in [6.45, 7) is 61.7. The Hall–Kier alpha value is -5.61. The number of hydrogen-bond acceptors (Lipinski definition) is 9. The SMILES string of the molecule is C.C.C.CC(C)(C)c1cn[nH]c1.CC(C)(C)c1cnn(C2CCCC2)c1.CC1CCC(n2cc(C(C)(C)C)cn2)CC1.CCCn1ccc(C(C)(C)C)n1.CCN1CCn2nc(C(C)(C)C)cc2C1.CN1CCn2nc(C(C)(C)C)cc2C1.Cn1cc(C(C)(C)C)cn1. The molecule has 0 amide bonds. The number of nitrogens with one attached hydrogen (secondary N) is 1. The lowest BCUT2D eigenvalue weighted by Gasteiger charge is -2.26. The highest BCUT2D eigenvalue weighted by Crippen LogP contribution is 2.34. The number of aromatic amines is 1. The maximum Gasteiger partial charge on any atom is 0.0681 e. The summed E-state index contributed by atoms with van der Waals surface area (Å²) in [5.74, 6) is 0.911. The van der Waals surface area contributed by atoms with Crippen LogP contribution in [-0.4, -0.2) is 105 Å². The summed E-state index contributed by atoms with van der Waals surface area (Å²) in [5.41, 5.74) is 13.0. The molecule has 0 aromatic carbocycles. The standard InChI is InChI=1S/C14H24N2.C12H21N3.C12H20N2.C11H19N3.C10H18N2.C8H14N2.C7H12N2.3CH4/c1-11-5-7-13(8-6-11)16-10-12(9-15-16)14(2,3)4;1-5-14-6-7-15-10(9-14)8-11(13-15)12(2,3)4;1-12(2,3)10-8-13-14(9-10)11-6-4-5-7-11;1-11(2,3)10-7-9-8-13(4)5-6-14(9)12-10;1-5-7-12-8-6-9(11-12)10(2,3)4;1-8(2,3)7-5-9-10(4)6-7;1-7(2,3)6-4-8-9-5-6;;;/h9-11,13H,5-8H2,1-4H3;8H,5-7,9H2,1-4H3;8-9,11H,4-7H2,1-3H3;7H,5-6,8H2,1-4H3;6,8H,5,7H2,1-4H3;5-6H,1-4H3;4-5H,1-3H3,(H,8,9);3*1H4. The molecule has 16 heteroatoms. The highest BCUT2D eigenvalue weighted by molar-refractivity contribution is 5.21. The van der Waals surface area contributed by atoms with Crippen LogP contribution >= 0.6 is 0 Å². The minimum atomic E-state index is 0. The van der Waals surface area contributed by atoms with Gasteiger partial charge >= 0.3 is 0 Å². The van der Waals surface area contributed by atoms with Crippen LogP contribution in [0.5, 0.6) is 0 Å². The molecule has 7 aromatic rings. The van der Waals surface area contributed by atoms with E-state index in [-0.39, 0.29) is 60.2 Å². The number of nitrogens with zero attached hydrogens (tertiary/aromatic N) is 15. The average molecular weight is 1290 g/mol. The minimum Gasteiger partial charge on any atom is -0.299 e. The predicted octanol–water partition coefficient (Wildman–Crippen LogP) is 18.8. The summed E-state index contributed by atoms with van der Waals surface area (Å²) in [7, 11) is 4.10. The Balaban J connectivity index is 0.000000370. The van der Waals surface area contributed by atoms with E-state index in [1.807, 2.05) is 47.4 Å². The Morgan fingerprint density at radius 1 is 0.473 bits per heavy atom. The first-order valence-corrected chi connectivity index (χ1v) is 34.3. The van der Waals surface area contributed by atoms with Crippen LogP contribution in [0, 0.1) is 5.92 Å². The first-order valence-electron chi connectivity index (χ1n) is 34.3. The van der Waals surface area contributed by atoms with Crippen molar-refractivity contribution in [3.63, 3.8) is 0 Å². The number of hydrogen-bond donors (Lipinski definition) is 1. The monoisotopic (exact) mass is 1290 g/mol. The molecule has 0 unspecified atom stereocenters. The van der Waals surface area contributed by atoms with Gasteiger partial charge in [-0.2, -0.15) is 35.7 Å². The summed E-state index contributed by atoms with van der Waals surface area (Å²) >= 11 is 0. The van der Waals surface area contributed by atoms with Crippen LogP contribution in [0.1, 0.15) is 309 Å². The maximum atomic E-state index is 4.68. The molecule has 0 radical (unpaired) electrons. The van der Waals surface area contributed by atoms with Gasteiger partial charge < -0.3 is 0 Å². The van der Waals surface area contributed by atoms with Crippen molar-refractivity contribution < 1.29 is 0 Å². The topological polar surface area (TPSA) is 142 Å². The molecule has 1 N–H and O–H groups in total. The van der Waals surface area contributed by atoms with E-state index in [9.17, 15) is 0 Å². The number of H-pyrrole nitrogens is 1. The molecule has 0 saturated heterocycles. The molecular weight excluding hydrogens is 1150 g/mol. The zero-order valence-electron chi connectivity index (χ0n) is 61.9. The van der Waals surface area contributed by atoms with Gasteiger partial charge in [-0.3, -0.25) is 43.0 Å². The van der Waals surface area contributed by atoms with E-state index in [1.165, 1.54) is 102 Å². The number of aromatic nitrogens is 14. The molecule has 2 saturated carbocycles. The van der Waals surface area contributed by atoms with E-state index in [1.54, 1.807) is 0 Å². The zero-order chi connectivity index (χ0) is 67.2. The highest BCUT2D eigenvalue weighted by atomic mass is 15.4.